The van der Waals surface area contributed by atoms with Gasteiger partial charge < -0.3 is 4.74 Å². The first-order valence-corrected chi connectivity index (χ1v) is 6.29. The van der Waals surface area contributed by atoms with Gasteiger partial charge >= 0.3 is 0 Å². The first kappa shape index (κ1) is 13.2. The van der Waals surface area contributed by atoms with Crippen molar-refractivity contribution in [3.8, 4) is 23.8 Å². The topological polar surface area (TPSA) is 21.3 Å². The predicted molar refractivity (Wildman–Crippen MR) is 78.1 cm³/mol. The van der Waals surface area contributed by atoms with Gasteiger partial charge in [-0.2, -0.15) is 0 Å². The zero-order valence-corrected chi connectivity index (χ0v) is 11.0. The van der Waals surface area contributed by atoms with E-state index >= 15 is 0 Å². The van der Waals surface area contributed by atoms with Crippen molar-refractivity contribution in [1.29, 1.82) is 0 Å². The Morgan fingerprint density at radius 2 is 1.84 bits per heavy atom. The fourth-order valence-electron chi connectivity index (χ4n) is 1.67. The molecular formula is C17H17NO. The lowest BCUT2D eigenvalue weighted by Gasteiger charge is -2.10. The quantitative estimate of drug-likeness (QED) is 0.820. The van der Waals surface area contributed by atoms with Crippen molar-refractivity contribution in [2.24, 2.45) is 0 Å². The average Bonchev–Trinajstić information content (AvgIpc) is 2.46. The number of terminal acetylenes is 1. The molecule has 0 heterocycles. The fourth-order valence-corrected chi connectivity index (χ4v) is 1.67. The minimum absolute atomic E-state index is 0.0682. The van der Waals surface area contributed by atoms with Gasteiger partial charge in [-0.05, 0) is 36.8 Å². The number of hydrogen-bond acceptors (Lipinski definition) is 2. The molecule has 2 aromatic carbocycles. The van der Waals surface area contributed by atoms with E-state index in [0.717, 1.165) is 23.6 Å². The van der Waals surface area contributed by atoms with E-state index < -0.39 is 0 Å². The van der Waals surface area contributed by atoms with Gasteiger partial charge in [-0.1, -0.05) is 36.3 Å². The summed E-state index contributed by atoms with van der Waals surface area (Å²) < 4.78 is 5.78. The fraction of sp³-hybridized carbons (Fsp3) is 0.176. The highest BCUT2D eigenvalue weighted by Gasteiger charge is 2.00. The van der Waals surface area contributed by atoms with E-state index in [1.807, 2.05) is 61.5 Å². The smallest absolute Gasteiger partial charge is 0.127 e. The zero-order valence-electron chi connectivity index (χ0n) is 11.0. The third kappa shape index (κ3) is 4.17. The molecule has 19 heavy (non-hydrogen) atoms. The summed E-state index contributed by atoms with van der Waals surface area (Å²) in [5.41, 5.74) is 1.15. The van der Waals surface area contributed by atoms with E-state index in [2.05, 4.69) is 11.2 Å². The van der Waals surface area contributed by atoms with Gasteiger partial charge in [0.05, 0.1) is 6.04 Å². The van der Waals surface area contributed by atoms with E-state index in [1.165, 1.54) is 0 Å². The molecule has 0 radical (unpaired) electrons. The Balaban J connectivity index is 2.01. The number of nitrogens with one attached hydrogen (secondary N) is 1. The maximum absolute atomic E-state index is 5.78. The highest BCUT2D eigenvalue weighted by molar-refractivity contribution is 5.33. The summed E-state index contributed by atoms with van der Waals surface area (Å²) in [6.45, 7) is 2.70. The van der Waals surface area contributed by atoms with Crippen LogP contribution in [-0.4, -0.2) is 6.04 Å². The average molecular weight is 251 g/mol. The third-order valence-corrected chi connectivity index (χ3v) is 2.74. The lowest BCUT2D eigenvalue weighted by atomic mass is 10.2. The summed E-state index contributed by atoms with van der Waals surface area (Å²) in [6, 6.07) is 17.8. The Morgan fingerprint density at radius 3 is 2.58 bits per heavy atom. The Morgan fingerprint density at radius 1 is 1.11 bits per heavy atom. The van der Waals surface area contributed by atoms with Crippen LogP contribution in [0.15, 0.2) is 54.6 Å². The van der Waals surface area contributed by atoms with E-state index in [9.17, 15) is 0 Å². The van der Waals surface area contributed by atoms with Crippen molar-refractivity contribution in [3.05, 3.63) is 60.2 Å². The molecule has 1 atom stereocenters. The van der Waals surface area contributed by atoms with Crippen LogP contribution in [0, 0.1) is 12.3 Å². The SMILES string of the molecule is C#CC(C)NCc1cccc(Oc2ccccc2)c1. The molecule has 0 aliphatic rings. The second-order valence-corrected chi connectivity index (χ2v) is 4.33. The monoisotopic (exact) mass is 251 g/mol. The van der Waals surface area contributed by atoms with Gasteiger partial charge in [-0.15, -0.1) is 6.42 Å². The van der Waals surface area contributed by atoms with Crippen LogP contribution in [-0.2, 0) is 6.54 Å². The van der Waals surface area contributed by atoms with Gasteiger partial charge in [0.2, 0.25) is 0 Å². The molecule has 96 valence electrons. The predicted octanol–water partition coefficient (Wildman–Crippen LogP) is 3.59. The van der Waals surface area contributed by atoms with Crippen molar-refractivity contribution in [1.82, 2.24) is 5.32 Å². The minimum atomic E-state index is 0.0682. The van der Waals surface area contributed by atoms with Crippen LogP contribution in [0.3, 0.4) is 0 Å². The molecule has 0 saturated heterocycles. The van der Waals surface area contributed by atoms with Gasteiger partial charge in [-0.25, -0.2) is 0 Å². The van der Waals surface area contributed by atoms with Crippen LogP contribution in [0.25, 0.3) is 0 Å². The number of hydrogen-bond donors (Lipinski definition) is 1. The first-order valence-electron chi connectivity index (χ1n) is 6.29. The van der Waals surface area contributed by atoms with Crippen LogP contribution in [0.2, 0.25) is 0 Å². The van der Waals surface area contributed by atoms with Gasteiger partial charge in [0, 0.05) is 6.54 Å². The summed E-state index contributed by atoms with van der Waals surface area (Å²) in [6.07, 6.45) is 5.33. The van der Waals surface area contributed by atoms with Crippen LogP contribution in [0.1, 0.15) is 12.5 Å². The molecule has 2 rings (SSSR count). The van der Waals surface area contributed by atoms with E-state index in [0.29, 0.717) is 0 Å². The zero-order chi connectivity index (χ0) is 13.5. The van der Waals surface area contributed by atoms with Crippen LogP contribution in [0.4, 0.5) is 0 Å². The van der Waals surface area contributed by atoms with Gasteiger partial charge in [0.25, 0.3) is 0 Å². The third-order valence-electron chi connectivity index (χ3n) is 2.74. The molecule has 1 N–H and O–H groups in total. The molecule has 2 heteroatoms. The molecule has 2 aromatic rings. The molecule has 2 nitrogen and oxygen atoms in total. The number of benzene rings is 2. The van der Waals surface area contributed by atoms with Gasteiger partial charge in [0.15, 0.2) is 0 Å². The molecule has 0 aromatic heterocycles. The number of ether oxygens (including phenoxy) is 1. The summed E-state index contributed by atoms with van der Waals surface area (Å²) in [5.74, 6) is 4.32. The summed E-state index contributed by atoms with van der Waals surface area (Å²) >= 11 is 0. The van der Waals surface area contributed by atoms with E-state index in [4.69, 9.17) is 11.2 Å². The van der Waals surface area contributed by atoms with Crippen molar-refractivity contribution in [2.45, 2.75) is 19.5 Å². The van der Waals surface area contributed by atoms with Crippen LogP contribution >= 0.6 is 0 Å². The normalized spacial score (nSPS) is 11.6. The Bertz CT molecular complexity index is 557. The van der Waals surface area contributed by atoms with Gasteiger partial charge in [-0.3, -0.25) is 5.32 Å². The second kappa shape index (κ2) is 6.63. The first-order chi connectivity index (χ1) is 9.28. The number of para-hydroxylation sites is 1. The second-order valence-electron chi connectivity index (χ2n) is 4.33. The highest BCUT2D eigenvalue weighted by atomic mass is 16.5. The molecule has 0 saturated carbocycles. The standard InChI is InChI=1S/C17H17NO/c1-3-14(2)18-13-15-8-7-11-17(12-15)19-16-9-5-4-6-10-16/h1,4-12,14,18H,13H2,2H3. The molecule has 0 fully saturated rings. The van der Waals surface area contributed by atoms with E-state index in [-0.39, 0.29) is 6.04 Å². The van der Waals surface area contributed by atoms with Gasteiger partial charge in [0.1, 0.15) is 11.5 Å². The molecule has 0 spiro atoms. The van der Waals surface area contributed by atoms with E-state index in [1.54, 1.807) is 0 Å². The Labute approximate surface area is 114 Å². The van der Waals surface area contributed by atoms with Crippen molar-refractivity contribution >= 4 is 0 Å². The molecule has 0 aliphatic heterocycles. The van der Waals surface area contributed by atoms with Crippen LogP contribution < -0.4 is 10.1 Å². The molecular weight excluding hydrogens is 234 g/mol. The van der Waals surface area contributed by atoms with Crippen molar-refractivity contribution in [3.63, 3.8) is 0 Å². The van der Waals surface area contributed by atoms with Crippen molar-refractivity contribution < 1.29 is 4.74 Å². The highest BCUT2D eigenvalue weighted by Crippen LogP contribution is 2.21. The number of rotatable bonds is 5. The maximum Gasteiger partial charge on any atom is 0.127 e. The molecule has 1 unspecified atom stereocenters. The minimum Gasteiger partial charge on any atom is -0.457 e. The largest absolute Gasteiger partial charge is 0.457 e. The molecule has 0 aliphatic carbocycles. The Kier molecular flexibility index (Phi) is 4.60. The lowest BCUT2D eigenvalue weighted by Crippen LogP contribution is -2.23. The molecule has 0 amide bonds. The van der Waals surface area contributed by atoms with Crippen LogP contribution in [0.5, 0.6) is 11.5 Å². The summed E-state index contributed by atoms with van der Waals surface area (Å²) in [4.78, 5) is 0. The maximum atomic E-state index is 5.78. The lowest BCUT2D eigenvalue weighted by molar-refractivity contribution is 0.481. The summed E-state index contributed by atoms with van der Waals surface area (Å²) in [5, 5.41) is 3.25. The molecule has 0 bridgehead atoms. The summed E-state index contributed by atoms with van der Waals surface area (Å²) in [7, 11) is 0. The van der Waals surface area contributed by atoms with Crippen molar-refractivity contribution in [2.75, 3.05) is 0 Å². The Hall–Kier alpha value is -2.24.